The first kappa shape index (κ1) is 8.65. The minimum absolute atomic E-state index is 0.441. The standard InChI is InChI=1S/C7H7ClN4S/c1-12-3-6(10-11-12)7-9-5(2-8)4-13-7/h3-4H,2H2,1H3. The van der Waals surface area contributed by atoms with E-state index in [1.165, 1.54) is 11.3 Å². The minimum atomic E-state index is 0.441. The molecule has 0 radical (unpaired) electrons. The number of rotatable bonds is 2. The first-order chi connectivity index (χ1) is 6.29. The largest absolute Gasteiger partial charge is 0.255 e. The monoisotopic (exact) mass is 214 g/mol. The molecule has 2 rings (SSSR count). The first-order valence-corrected chi connectivity index (χ1v) is 5.08. The fraction of sp³-hybridized carbons (Fsp3) is 0.286. The second-order valence-electron chi connectivity index (χ2n) is 2.56. The number of alkyl halides is 1. The maximum Gasteiger partial charge on any atom is 0.145 e. The van der Waals surface area contributed by atoms with Crippen LogP contribution in [0.5, 0.6) is 0 Å². The van der Waals surface area contributed by atoms with Crippen molar-refractivity contribution >= 4 is 22.9 Å². The highest BCUT2D eigenvalue weighted by atomic mass is 35.5. The Kier molecular flexibility index (Phi) is 2.28. The van der Waals surface area contributed by atoms with Crippen LogP contribution in [0.1, 0.15) is 5.69 Å². The summed E-state index contributed by atoms with van der Waals surface area (Å²) >= 11 is 7.17. The zero-order valence-corrected chi connectivity index (χ0v) is 8.51. The molecule has 0 aliphatic heterocycles. The Balaban J connectivity index is 2.35. The van der Waals surface area contributed by atoms with Crippen molar-refractivity contribution in [3.8, 4) is 10.7 Å². The summed E-state index contributed by atoms with van der Waals surface area (Å²) < 4.78 is 1.65. The van der Waals surface area contributed by atoms with Crippen LogP contribution < -0.4 is 0 Å². The van der Waals surface area contributed by atoms with Gasteiger partial charge < -0.3 is 0 Å². The van der Waals surface area contributed by atoms with Gasteiger partial charge in [0, 0.05) is 12.4 Å². The van der Waals surface area contributed by atoms with Crippen LogP contribution in [-0.4, -0.2) is 20.0 Å². The maximum atomic E-state index is 5.64. The molecule has 68 valence electrons. The predicted octanol–water partition coefficient (Wildman–Crippen LogP) is 1.68. The molecule has 0 aliphatic carbocycles. The van der Waals surface area contributed by atoms with Crippen molar-refractivity contribution in [2.45, 2.75) is 5.88 Å². The van der Waals surface area contributed by atoms with Crippen LogP contribution >= 0.6 is 22.9 Å². The van der Waals surface area contributed by atoms with Crippen LogP contribution in [0.4, 0.5) is 0 Å². The highest BCUT2D eigenvalue weighted by Crippen LogP contribution is 2.21. The lowest BCUT2D eigenvalue weighted by Crippen LogP contribution is -1.85. The zero-order chi connectivity index (χ0) is 9.26. The molecule has 13 heavy (non-hydrogen) atoms. The van der Waals surface area contributed by atoms with Crippen LogP contribution in [0.2, 0.25) is 0 Å². The van der Waals surface area contributed by atoms with Crippen molar-refractivity contribution in [2.24, 2.45) is 7.05 Å². The Morgan fingerprint density at radius 2 is 2.46 bits per heavy atom. The number of hydrogen-bond donors (Lipinski definition) is 0. The van der Waals surface area contributed by atoms with Crippen LogP contribution in [0.15, 0.2) is 11.6 Å². The summed E-state index contributed by atoms with van der Waals surface area (Å²) in [5.74, 6) is 0.441. The van der Waals surface area contributed by atoms with Crippen molar-refractivity contribution in [1.29, 1.82) is 0 Å². The Morgan fingerprint density at radius 3 is 3.00 bits per heavy atom. The number of hydrogen-bond acceptors (Lipinski definition) is 4. The predicted molar refractivity (Wildman–Crippen MR) is 51.7 cm³/mol. The van der Waals surface area contributed by atoms with E-state index in [2.05, 4.69) is 15.3 Å². The summed E-state index contributed by atoms with van der Waals surface area (Å²) in [6.45, 7) is 0. The van der Waals surface area contributed by atoms with Gasteiger partial charge in [-0.05, 0) is 0 Å². The lowest BCUT2D eigenvalue weighted by Gasteiger charge is -1.84. The molecule has 0 bridgehead atoms. The molecular formula is C7H7ClN4S. The van der Waals surface area contributed by atoms with Gasteiger partial charge in [0.15, 0.2) is 0 Å². The third-order valence-electron chi connectivity index (χ3n) is 1.51. The number of thiazole rings is 1. The molecule has 0 amide bonds. The molecular weight excluding hydrogens is 208 g/mol. The lowest BCUT2D eigenvalue weighted by atomic mass is 10.5. The van der Waals surface area contributed by atoms with E-state index in [0.29, 0.717) is 5.88 Å². The molecule has 0 aromatic carbocycles. The van der Waals surface area contributed by atoms with Gasteiger partial charge in [0.2, 0.25) is 0 Å². The molecule has 6 heteroatoms. The SMILES string of the molecule is Cn1cc(-c2nc(CCl)cs2)nn1. The average Bonchev–Trinajstić information content (AvgIpc) is 2.71. The summed E-state index contributed by atoms with van der Waals surface area (Å²) in [7, 11) is 1.83. The Hall–Kier alpha value is -0.940. The van der Waals surface area contributed by atoms with Gasteiger partial charge in [0.1, 0.15) is 10.7 Å². The van der Waals surface area contributed by atoms with Gasteiger partial charge in [0.05, 0.1) is 17.8 Å². The highest BCUT2D eigenvalue weighted by molar-refractivity contribution is 7.13. The van der Waals surface area contributed by atoms with E-state index < -0.39 is 0 Å². The zero-order valence-electron chi connectivity index (χ0n) is 6.94. The molecule has 0 atom stereocenters. The Morgan fingerprint density at radius 1 is 1.62 bits per heavy atom. The fourth-order valence-electron chi connectivity index (χ4n) is 0.931. The van der Waals surface area contributed by atoms with E-state index in [1.54, 1.807) is 4.68 Å². The van der Waals surface area contributed by atoms with Gasteiger partial charge in [-0.15, -0.1) is 28.0 Å². The van der Waals surface area contributed by atoms with Gasteiger partial charge >= 0.3 is 0 Å². The van der Waals surface area contributed by atoms with Crippen LogP contribution in [0.3, 0.4) is 0 Å². The molecule has 0 aliphatic rings. The van der Waals surface area contributed by atoms with Crippen LogP contribution in [0.25, 0.3) is 10.7 Å². The van der Waals surface area contributed by atoms with Gasteiger partial charge in [-0.25, -0.2) is 4.98 Å². The number of nitrogens with zero attached hydrogens (tertiary/aromatic N) is 4. The molecule has 0 saturated carbocycles. The fourth-order valence-corrected chi connectivity index (χ4v) is 1.93. The van der Waals surface area contributed by atoms with Gasteiger partial charge in [0.25, 0.3) is 0 Å². The van der Waals surface area contributed by atoms with Crippen molar-refractivity contribution in [3.63, 3.8) is 0 Å². The summed E-state index contributed by atoms with van der Waals surface area (Å²) in [6, 6.07) is 0. The summed E-state index contributed by atoms with van der Waals surface area (Å²) in [6.07, 6.45) is 1.83. The van der Waals surface area contributed by atoms with E-state index in [1.807, 2.05) is 18.6 Å². The van der Waals surface area contributed by atoms with Crippen LogP contribution in [0, 0.1) is 0 Å². The second kappa shape index (κ2) is 3.43. The van der Waals surface area contributed by atoms with Crippen molar-refractivity contribution in [3.05, 3.63) is 17.3 Å². The molecule has 0 fully saturated rings. The number of aryl methyl sites for hydroxylation is 1. The molecule has 0 spiro atoms. The average molecular weight is 215 g/mol. The van der Waals surface area contributed by atoms with Gasteiger partial charge in [-0.2, -0.15) is 0 Å². The van der Waals surface area contributed by atoms with Crippen molar-refractivity contribution in [2.75, 3.05) is 0 Å². The van der Waals surface area contributed by atoms with Crippen molar-refractivity contribution in [1.82, 2.24) is 20.0 Å². The Bertz CT molecular complexity index is 408. The lowest BCUT2D eigenvalue weighted by molar-refractivity contribution is 0.715. The van der Waals surface area contributed by atoms with Gasteiger partial charge in [-0.1, -0.05) is 5.21 Å². The molecule has 2 aromatic rings. The molecule has 2 aromatic heterocycles. The van der Waals surface area contributed by atoms with E-state index in [4.69, 9.17) is 11.6 Å². The maximum absolute atomic E-state index is 5.64. The summed E-state index contributed by atoms with van der Waals surface area (Å²) in [5.41, 5.74) is 1.68. The smallest absolute Gasteiger partial charge is 0.145 e. The highest BCUT2D eigenvalue weighted by Gasteiger charge is 2.06. The summed E-state index contributed by atoms with van der Waals surface area (Å²) in [5, 5.41) is 10.6. The van der Waals surface area contributed by atoms with Crippen LogP contribution in [-0.2, 0) is 12.9 Å². The molecule has 4 nitrogen and oxygen atoms in total. The molecule has 2 heterocycles. The first-order valence-electron chi connectivity index (χ1n) is 3.66. The second-order valence-corrected chi connectivity index (χ2v) is 3.68. The molecule has 0 N–H and O–H groups in total. The Labute approximate surface area is 84.2 Å². The third kappa shape index (κ3) is 1.71. The van der Waals surface area contributed by atoms with E-state index in [9.17, 15) is 0 Å². The normalized spacial score (nSPS) is 10.6. The van der Waals surface area contributed by atoms with E-state index in [0.717, 1.165) is 16.4 Å². The van der Waals surface area contributed by atoms with Crippen molar-refractivity contribution < 1.29 is 0 Å². The van der Waals surface area contributed by atoms with Gasteiger partial charge in [-0.3, -0.25) is 4.68 Å². The third-order valence-corrected chi connectivity index (χ3v) is 2.70. The van der Waals surface area contributed by atoms with E-state index >= 15 is 0 Å². The molecule has 0 saturated heterocycles. The number of halogens is 1. The quantitative estimate of drug-likeness (QED) is 0.715. The van der Waals surface area contributed by atoms with E-state index in [-0.39, 0.29) is 0 Å². The minimum Gasteiger partial charge on any atom is -0.255 e. The summed E-state index contributed by atoms with van der Waals surface area (Å²) in [4.78, 5) is 4.28. The number of aromatic nitrogens is 4. The topological polar surface area (TPSA) is 43.6 Å². The molecule has 0 unspecified atom stereocenters.